The average molecular weight is 466 g/mol. The van der Waals surface area contributed by atoms with Crippen molar-refractivity contribution >= 4 is 17.5 Å². The van der Waals surface area contributed by atoms with E-state index in [0.717, 1.165) is 16.7 Å². The van der Waals surface area contributed by atoms with E-state index < -0.39 is 5.91 Å². The number of hydrogen-bond donors (Lipinski definition) is 2. The summed E-state index contributed by atoms with van der Waals surface area (Å²) in [6.45, 7) is 4.23. The van der Waals surface area contributed by atoms with Crippen LogP contribution >= 0.6 is 0 Å². The van der Waals surface area contributed by atoms with Crippen LogP contribution in [0.15, 0.2) is 102 Å². The quantitative estimate of drug-likeness (QED) is 0.405. The van der Waals surface area contributed by atoms with Gasteiger partial charge in [0.2, 0.25) is 0 Å². The van der Waals surface area contributed by atoms with Crippen molar-refractivity contribution in [2.75, 3.05) is 5.32 Å². The molecule has 1 heterocycles. The van der Waals surface area contributed by atoms with Gasteiger partial charge in [-0.1, -0.05) is 60.2 Å². The van der Waals surface area contributed by atoms with Gasteiger partial charge in [0.1, 0.15) is 5.56 Å². The molecule has 0 bridgehead atoms. The van der Waals surface area contributed by atoms with Gasteiger partial charge in [-0.25, -0.2) is 0 Å². The fourth-order valence-corrected chi connectivity index (χ4v) is 3.88. The van der Waals surface area contributed by atoms with Crippen molar-refractivity contribution in [1.29, 1.82) is 0 Å². The molecule has 0 fully saturated rings. The van der Waals surface area contributed by atoms with Gasteiger partial charge in [-0.05, 0) is 61.4 Å². The Morgan fingerprint density at radius 3 is 2.40 bits per heavy atom. The summed E-state index contributed by atoms with van der Waals surface area (Å²) in [7, 11) is 0. The van der Waals surface area contributed by atoms with Gasteiger partial charge in [0.05, 0.1) is 12.6 Å². The van der Waals surface area contributed by atoms with Crippen molar-refractivity contribution < 1.29 is 9.59 Å². The highest BCUT2D eigenvalue weighted by atomic mass is 16.2. The summed E-state index contributed by atoms with van der Waals surface area (Å²) in [6.07, 6.45) is 1.68. The van der Waals surface area contributed by atoms with Gasteiger partial charge in [-0.2, -0.15) is 0 Å². The first kappa shape index (κ1) is 23.7. The van der Waals surface area contributed by atoms with Crippen LogP contribution in [0.4, 0.5) is 5.69 Å². The first-order valence-electron chi connectivity index (χ1n) is 11.4. The zero-order valence-electron chi connectivity index (χ0n) is 19.7. The number of carbonyl (C=O) groups excluding carboxylic acids is 2. The highest BCUT2D eigenvalue weighted by molar-refractivity contribution is 6.04. The van der Waals surface area contributed by atoms with Crippen LogP contribution in [0.2, 0.25) is 0 Å². The first-order valence-corrected chi connectivity index (χ1v) is 11.4. The third-order valence-corrected chi connectivity index (χ3v) is 5.73. The van der Waals surface area contributed by atoms with E-state index in [1.54, 1.807) is 42.6 Å². The topological polar surface area (TPSA) is 80.2 Å². The summed E-state index contributed by atoms with van der Waals surface area (Å²) in [5, 5.41) is 5.78. The zero-order chi connectivity index (χ0) is 24.8. The molecule has 0 spiro atoms. The number of hydrogen-bond acceptors (Lipinski definition) is 3. The molecule has 2 amide bonds. The second-order valence-electron chi connectivity index (χ2n) is 8.48. The van der Waals surface area contributed by atoms with Gasteiger partial charge >= 0.3 is 0 Å². The molecular weight excluding hydrogens is 438 g/mol. The second-order valence-corrected chi connectivity index (χ2v) is 8.48. The molecule has 6 heteroatoms. The Bertz CT molecular complexity index is 1410. The number of rotatable bonds is 7. The molecule has 0 aliphatic carbocycles. The summed E-state index contributed by atoms with van der Waals surface area (Å²) in [6, 6.07) is 27.0. The van der Waals surface area contributed by atoms with Gasteiger partial charge in [-0.15, -0.1) is 0 Å². The highest BCUT2D eigenvalue weighted by Gasteiger charge is 2.16. The molecule has 6 nitrogen and oxygen atoms in total. The standard InChI is InChI=1S/C29H27N3O3/c1-20-9-6-10-22(17-20)19-32-16-8-15-26(29(32)35)28(34)30-21(2)24-13-7-14-25(18-24)31-27(33)23-11-4-3-5-12-23/h3-18,21H,19H2,1-2H3,(H,30,34)(H,31,33). The van der Waals surface area contributed by atoms with Crippen molar-refractivity contribution in [3.8, 4) is 0 Å². The van der Waals surface area contributed by atoms with E-state index in [4.69, 9.17) is 0 Å². The fourth-order valence-electron chi connectivity index (χ4n) is 3.88. The Balaban J connectivity index is 1.46. The zero-order valence-corrected chi connectivity index (χ0v) is 19.7. The van der Waals surface area contributed by atoms with E-state index in [2.05, 4.69) is 10.6 Å². The lowest BCUT2D eigenvalue weighted by Crippen LogP contribution is -2.34. The summed E-state index contributed by atoms with van der Waals surface area (Å²) < 4.78 is 1.54. The third-order valence-electron chi connectivity index (χ3n) is 5.73. The maximum Gasteiger partial charge on any atom is 0.263 e. The Labute approximate surface area is 204 Å². The number of nitrogens with zero attached hydrogens (tertiary/aromatic N) is 1. The molecule has 2 N–H and O–H groups in total. The summed E-state index contributed by atoms with van der Waals surface area (Å²) in [4.78, 5) is 38.4. The van der Waals surface area contributed by atoms with Crippen molar-refractivity contribution in [1.82, 2.24) is 9.88 Å². The van der Waals surface area contributed by atoms with Crippen LogP contribution < -0.4 is 16.2 Å². The number of anilines is 1. The second kappa shape index (κ2) is 10.7. The van der Waals surface area contributed by atoms with E-state index in [-0.39, 0.29) is 23.1 Å². The molecule has 0 saturated heterocycles. The average Bonchev–Trinajstić information content (AvgIpc) is 2.86. The van der Waals surface area contributed by atoms with Gasteiger partial charge in [0.15, 0.2) is 0 Å². The molecular formula is C29H27N3O3. The Morgan fingerprint density at radius 2 is 1.63 bits per heavy atom. The number of nitrogens with one attached hydrogen (secondary N) is 2. The van der Waals surface area contributed by atoms with Gasteiger partial charge < -0.3 is 15.2 Å². The van der Waals surface area contributed by atoms with Crippen LogP contribution in [0.3, 0.4) is 0 Å². The minimum Gasteiger partial charge on any atom is -0.345 e. The molecule has 4 aromatic rings. The molecule has 3 aromatic carbocycles. The minimum absolute atomic E-state index is 0.0838. The van der Waals surface area contributed by atoms with E-state index >= 15 is 0 Å². The molecule has 1 unspecified atom stereocenters. The van der Waals surface area contributed by atoms with Crippen LogP contribution in [0.5, 0.6) is 0 Å². The number of aryl methyl sites for hydroxylation is 1. The van der Waals surface area contributed by atoms with Gasteiger partial charge in [-0.3, -0.25) is 14.4 Å². The molecule has 4 rings (SSSR count). The summed E-state index contributed by atoms with van der Waals surface area (Å²) in [5.74, 6) is -0.655. The largest absolute Gasteiger partial charge is 0.345 e. The van der Waals surface area contributed by atoms with Crippen molar-refractivity contribution in [3.05, 3.63) is 135 Å². The Kier molecular flexibility index (Phi) is 7.21. The van der Waals surface area contributed by atoms with E-state index in [9.17, 15) is 14.4 Å². The van der Waals surface area contributed by atoms with Crippen molar-refractivity contribution in [3.63, 3.8) is 0 Å². The van der Waals surface area contributed by atoms with Gasteiger partial charge in [0.25, 0.3) is 17.4 Å². The lowest BCUT2D eigenvalue weighted by Gasteiger charge is -2.16. The molecule has 1 atom stereocenters. The first-order chi connectivity index (χ1) is 16.9. The SMILES string of the molecule is Cc1cccc(Cn2cccc(C(=O)NC(C)c3cccc(NC(=O)c4ccccc4)c3)c2=O)c1. The molecule has 176 valence electrons. The summed E-state index contributed by atoms with van der Waals surface area (Å²) in [5.41, 5.74) is 3.83. The predicted molar refractivity (Wildman–Crippen MR) is 138 cm³/mol. The van der Waals surface area contributed by atoms with Crippen LogP contribution in [0, 0.1) is 6.92 Å². The summed E-state index contributed by atoms with van der Waals surface area (Å²) >= 11 is 0. The lowest BCUT2D eigenvalue weighted by molar-refractivity contribution is 0.0936. The molecule has 0 radical (unpaired) electrons. The molecule has 1 aromatic heterocycles. The molecule has 0 saturated carbocycles. The predicted octanol–water partition coefficient (Wildman–Crippen LogP) is 4.95. The number of amides is 2. The lowest BCUT2D eigenvalue weighted by atomic mass is 10.1. The van der Waals surface area contributed by atoms with Crippen LogP contribution in [0.1, 0.15) is 50.4 Å². The molecule has 0 aliphatic rings. The van der Waals surface area contributed by atoms with Crippen LogP contribution in [0.25, 0.3) is 0 Å². The van der Waals surface area contributed by atoms with E-state index in [1.807, 2.05) is 62.4 Å². The van der Waals surface area contributed by atoms with E-state index in [1.165, 1.54) is 10.6 Å². The maximum atomic E-state index is 13.0. The Hall–Kier alpha value is -4.45. The monoisotopic (exact) mass is 465 g/mol. The fraction of sp³-hybridized carbons (Fsp3) is 0.138. The Morgan fingerprint density at radius 1 is 0.857 bits per heavy atom. The van der Waals surface area contributed by atoms with Crippen LogP contribution in [-0.4, -0.2) is 16.4 Å². The molecule has 35 heavy (non-hydrogen) atoms. The van der Waals surface area contributed by atoms with E-state index in [0.29, 0.717) is 17.8 Å². The highest BCUT2D eigenvalue weighted by Crippen LogP contribution is 2.18. The molecule has 0 aliphatic heterocycles. The normalized spacial score (nSPS) is 11.5. The number of aromatic nitrogens is 1. The number of benzene rings is 3. The number of carbonyl (C=O) groups is 2. The smallest absolute Gasteiger partial charge is 0.263 e. The van der Waals surface area contributed by atoms with Crippen molar-refractivity contribution in [2.24, 2.45) is 0 Å². The third kappa shape index (κ3) is 5.92. The van der Waals surface area contributed by atoms with Crippen molar-refractivity contribution in [2.45, 2.75) is 26.4 Å². The van der Waals surface area contributed by atoms with Crippen LogP contribution in [-0.2, 0) is 6.54 Å². The number of pyridine rings is 1. The maximum absolute atomic E-state index is 13.0. The van der Waals surface area contributed by atoms with Gasteiger partial charge in [0, 0.05) is 17.4 Å². The minimum atomic E-state index is -0.445.